The van der Waals surface area contributed by atoms with Crippen LogP contribution < -0.4 is 10.6 Å². The van der Waals surface area contributed by atoms with Crippen molar-refractivity contribution in [3.8, 4) is 0 Å². The number of aliphatic hydroxyl groups is 1. The highest BCUT2D eigenvalue weighted by Gasteiger charge is 2.74. The van der Waals surface area contributed by atoms with Crippen LogP contribution in [0.1, 0.15) is 120 Å². The molecule has 2 bridgehead atoms. The number of hydroxylamine groups is 2. The largest absolute Gasteiger partial charge is 0.460 e. The van der Waals surface area contributed by atoms with Crippen molar-refractivity contribution in [3.05, 3.63) is 76.4 Å². The Hall–Kier alpha value is -4.18. The number of allylic oxidation sites excluding steroid dienone is 1. The van der Waals surface area contributed by atoms with Crippen molar-refractivity contribution in [1.29, 1.82) is 0 Å². The van der Waals surface area contributed by atoms with E-state index in [0.29, 0.717) is 29.1 Å². The fourth-order valence-corrected chi connectivity index (χ4v) is 11.6. The molecule has 3 N–H and O–H groups in total. The van der Waals surface area contributed by atoms with Crippen LogP contribution in [0.2, 0.25) is 0 Å². The van der Waals surface area contributed by atoms with E-state index in [1.54, 1.807) is 50.1 Å². The first-order valence-electron chi connectivity index (χ1n) is 22.8. The number of nitrogens with zero attached hydrogens (tertiary/aromatic N) is 1. The second kappa shape index (κ2) is 16.7. The number of fused-ring (bicyclic) bond motifs is 6. The molecule has 11 unspecified atom stereocenters. The Bertz CT molecular complexity index is 2150. The number of benzene rings is 2. The Kier molecular flexibility index (Phi) is 11.7. The summed E-state index contributed by atoms with van der Waals surface area (Å²) in [5, 5.41) is 17.5. The third-order valence-electron chi connectivity index (χ3n) is 14.9. The van der Waals surface area contributed by atoms with Gasteiger partial charge in [0.2, 0.25) is 5.91 Å². The normalized spacial score (nSPS) is 35.0. The molecule has 0 spiro atoms. The minimum absolute atomic E-state index is 0.000965. The maximum absolute atomic E-state index is 14.8. The predicted molar refractivity (Wildman–Crippen MR) is 229 cm³/mol. The first kappa shape index (κ1) is 44.0. The van der Waals surface area contributed by atoms with Crippen molar-refractivity contribution in [2.24, 2.45) is 22.7 Å². The van der Waals surface area contributed by atoms with Crippen LogP contribution in [0.5, 0.6) is 0 Å². The lowest BCUT2D eigenvalue weighted by atomic mass is 9.52. The van der Waals surface area contributed by atoms with Gasteiger partial charge in [-0.15, -0.1) is 0 Å². The number of carbonyl (C=O) groups excluding carboxylic acids is 4. The third kappa shape index (κ3) is 8.47. The molecule has 7 aliphatic rings. The molecule has 2 aromatic carbocycles. The van der Waals surface area contributed by atoms with Gasteiger partial charge in [-0.1, -0.05) is 61.9 Å². The number of ether oxygens (including phenoxy) is 5. The number of nitrogens with one attached hydrogen (secondary N) is 2. The van der Waals surface area contributed by atoms with Gasteiger partial charge >= 0.3 is 11.9 Å². The molecule has 14 nitrogen and oxygen atoms in total. The van der Waals surface area contributed by atoms with Crippen LogP contribution in [-0.2, 0) is 56.0 Å². The van der Waals surface area contributed by atoms with Crippen molar-refractivity contribution in [2.75, 3.05) is 13.4 Å². The lowest BCUT2D eigenvalue weighted by molar-refractivity contribution is -0.201. The first-order chi connectivity index (χ1) is 30.0. The van der Waals surface area contributed by atoms with Gasteiger partial charge in [-0.25, -0.2) is 0 Å². The first-order valence-corrected chi connectivity index (χ1v) is 22.8. The highest BCUT2D eigenvalue weighted by atomic mass is 16.8. The van der Waals surface area contributed by atoms with E-state index in [1.807, 2.05) is 12.1 Å². The second-order valence-corrected chi connectivity index (χ2v) is 20.8. The Labute approximate surface area is 369 Å². The molecule has 7 fully saturated rings. The molecule has 9 rings (SSSR count). The van der Waals surface area contributed by atoms with Gasteiger partial charge in [-0.3, -0.25) is 24.0 Å². The summed E-state index contributed by atoms with van der Waals surface area (Å²) in [6.45, 7) is 12.3. The van der Waals surface area contributed by atoms with Gasteiger partial charge in [0.05, 0.1) is 30.9 Å². The van der Waals surface area contributed by atoms with Gasteiger partial charge in [-0.05, 0) is 112 Å². The van der Waals surface area contributed by atoms with Crippen molar-refractivity contribution in [2.45, 2.75) is 160 Å². The fourth-order valence-electron chi connectivity index (χ4n) is 11.6. The summed E-state index contributed by atoms with van der Waals surface area (Å²) in [4.78, 5) is 61.3. The molecule has 2 amide bonds. The highest BCUT2D eigenvalue weighted by molar-refractivity contribution is 5.95. The fraction of sp³-hybridized carbons (Fsp3) is 0.633. The molecular formula is C49H63N3O11. The molecule has 63 heavy (non-hydrogen) atoms. The van der Waals surface area contributed by atoms with Crippen molar-refractivity contribution in [1.82, 2.24) is 15.7 Å². The number of carbonyl (C=O) groups is 4. The maximum Gasteiger partial charge on any atom is 0.327 e. The smallest absolute Gasteiger partial charge is 0.327 e. The van der Waals surface area contributed by atoms with E-state index in [0.717, 1.165) is 43.2 Å². The van der Waals surface area contributed by atoms with Gasteiger partial charge in [0.15, 0.2) is 6.04 Å². The molecule has 3 saturated carbocycles. The van der Waals surface area contributed by atoms with E-state index in [9.17, 15) is 24.3 Å². The maximum atomic E-state index is 14.8. The van der Waals surface area contributed by atoms with Crippen LogP contribution in [-0.4, -0.2) is 101 Å². The zero-order valence-corrected chi connectivity index (χ0v) is 37.4. The molecular weight excluding hydrogens is 807 g/mol. The molecule has 11 atom stereocenters. The minimum Gasteiger partial charge on any atom is -0.460 e. The van der Waals surface area contributed by atoms with Crippen LogP contribution in [0.4, 0.5) is 0 Å². The Morgan fingerprint density at radius 1 is 1.03 bits per heavy atom. The summed E-state index contributed by atoms with van der Waals surface area (Å²) in [5.74, 6) is -0.660. The number of epoxide rings is 1. The van der Waals surface area contributed by atoms with E-state index in [1.165, 1.54) is 5.57 Å². The monoisotopic (exact) mass is 869 g/mol. The summed E-state index contributed by atoms with van der Waals surface area (Å²) < 4.78 is 29.7. The number of rotatable bonds is 12. The molecule has 0 aromatic heterocycles. The molecule has 340 valence electrons. The van der Waals surface area contributed by atoms with Gasteiger partial charge in [0.1, 0.15) is 42.2 Å². The lowest BCUT2D eigenvalue weighted by Gasteiger charge is -2.53. The number of esters is 2. The van der Waals surface area contributed by atoms with Crippen molar-refractivity contribution < 1.29 is 52.8 Å². The Morgan fingerprint density at radius 2 is 1.83 bits per heavy atom. The van der Waals surface area contributed by atoms with E-state index >= 15 is 0 Å². The summed E-state index contributed by atoms with van der Waals surface area (Å²) in [5.41, 5.74) is 2.74. The number of aliphatic hydroxyl groups excluding tert-OH is 1. The van der Waals surface area contributed by atoms with Crippen LogP contribution >= 0.6 is 0 Å². The number of hydrogen-bond donors (Lipinski definition) is 3. The molecule has 4 saturated heterocycles. The van der Waals surface area contributed by atoms with E-state index in [-0.39, 0.29) is 62.7 Å². The third-order valence-corrected chi connectivity index (χ3v) is 14.9. The standard InChI is InChI=1S/C49H63N3O11/c1-46(2,3)62-38(54)17-15-33(26-53)51-43(55)31-13-9-10-28(20-31)24-50-45(57)49-23-36-39-40(59-27-58-39)42(49)63-52(41(49)44(56)60-36)25-32-12-8-7-11-29(32)21-30-14-16-37-48(6,61-37)19-18-35-34(30)22-47(35,4)5/h7-13,20-21,33-37,39-42,53H,14-19,22-27H2,1-6H3,(H,50,57)(H,51,55). The number of amides is 2. The van der Waals surface area contributed by atoms with E-state index in [4.69, 9.17) is 28.5 Å². The van der Waals surface area contributed by atoms with Crippen LogP contribution in [0.25, 0.3) is 6.08 Å². The average molecular weight is 870 g/mol. The average Bonchev–Trinajstić information content (AvgIpc) is 3.50. The van der Waals surface area contributed by atoms with Crippen LogP contribution in [0.3, 0.4) is 0 Å². The molecule has 2 aromatic rings. The SMILES string of the molecule is CC(C)(C)OC(=O)CCC(CO)NC(=O)c1cccc(CNC(=O)C23CC4OC(=O)C2N(Cc2ccccc2C=C2CCC5OC5(C)CCC5C2CC5(C)C)OC3C2OCOC42)c1. The van der Waals surface area contributed by atoms with Gasteiger partial charge in [-0.2, -0.15) is 5.06 Å². The Morgan fingerprint density at radius 3 is 2.60 bits per heavy atom. The van der Waals surface area contributed by atoms with Crippen LogP contribution in [0, 0.1) is 22.7 Å². The minimum atomic E-state index is -1.35. The van der Waals surface area contributed by atoms with Gasteiger partial charge in [0, 0.05) is 24.9 Å². The lowest BCUT2D eigenvalue weighted by Crippen LogP contribution is -2.69. The molecule has 0 radical (unpaired) electrons. The summed E-state index contributed by atoms with van der Waals surface area (Å²) in [7, 11) is 0. The molecule has 14 heteroatoms. The Balaban J connectivity index is 0.927. The molecule has 3 aliphatic carbocycles. The van der Waals surface area contributed by atoms with Gasteiger partial charge < -0.3 is 39.4 Å². The summed E-state index contributed by atoms with van der Waals surface area (Å²) in [6, 6.07) is 13.3. The zero-order valence-electron chi connectivity index (χ0n) is 37.4. The highest BCUT2D eigenvalue weighted by Crippen LogP contribution is 2.60. The molecule has 4 heterocycles. The van der Waals surface area contributed by atoms with E-state index < -0.39 is 65.4 Å². The second-order valence-electron chi connectivity index (χ2n) is 20.8. The van der Waals surface area contributed by atoms with Gasteiger partial charge in [0.25, 0.3) is 5.91 Å². The van der Waals surface area contributed by atoms with Crippen molar-refractivity contribution in [3.63, 3.8) is 0 Å². The number of hydrogen-bond acceptors (Lipinski definition) is 12. The summed E-state index contributed by atoms with van der Waals surface area (Å²) >= 11 is 0. The van der Waals surface area contributed by atoms with E-state index in [2.05, 4.69) is 49.6 Å². The molecule has 4 aliphatic heterocycles. The van der Waals surface area contributed by atoms with Crippen molar-refractivity contribution >= 4 is 29.8 Å². The quantitative estimate of drug-likeness (QED) is 0.180. The topological polar surface area (TPSA) is 174 Å². The predicted octanol–water partition coefficient (Wildman–Crippen LogP) is 5.53. The summed E-state index contributed by atoms with van der Waals surface area (Å²) in [6.07, 6.45) is 5.75. The van der Waals surface area contributed by atoms with Crippen LogP contribution in [0.15, 0.2) is 54.1 Å². The zero-order chi connectivity index (χ0) is 44.5.